The summed E-state index contributed by atoms with van der Waals surface area (Å²) >= 11 is 1.44. The second-order valence-corrected chi connectivity index (χ2v) is 9.05. The number of aromatic amines is 1. The maximum Gasteiger partial charge on any atom is 0.328 e. The Kier molecular flexibility index (Phi) is 11.9. The smallest absolute Gasteiger partial charge is 0.328 e. The lowest BCUT2D eigenvalue weighted by atomic mass is 10.0. The highest BCUT2D eigenvalue weighted by Crippen LogP contribution is 2.07. The molecule has 0 fully saturated rings. The molecule has 0 spiro atoms. The van der Waals surface area contributed by atoms with Gasteiger partial charge in [-0.1, -0.05) is 30.3 Å². The van der Waals surface area contributed by atoms with Crippen LogP contribution in [-0.2, 0) is 32.0 Å². The first-order valence-corrected chi connectivity index (χ1v) is 12.6. The first-order chi connectivity index (χ1) is 17.2. The summed E-state index contributed by atoms with van der Waals surface area (Å²) in [6, 6.07) is 4.43. The van der Waals surface area contributed by atoms with Gasteiger partial charge in [0.05, 0.1) is 19.0 Å². The monoisotopic (exact) mass is 520 g/mol. The number of amides is 3. The molecular weight excluding hydrogens is 488 g/mol. The number of carbonyl (C=O) groups is 4. The summed E-state index contributed by atoms with van der Waals surface area (Å²) in [4.78, 5) is 56.7. The predicted molar refractivity (Wildman–Crippen MR) is 134 cm³/mol. The van der Waals surface area contributed by atoms with Crippen LogP contribution in [0.3, 0.4) is 0 Å². The Bertz CT molecular complexity index is 990. The fourth-order valence-corrected chi connectivity index (χ4v) is 3.77. The average molecular weight is 521 g/mol. The molecule has 4 unspecified atom stereocenters. The summed E-state index contributed by atoms with van der Waals surface area (Å²) in [7, 11) is 0. The number of nitrogens with one attached hydrogen (secondary N) is 4. The van der Waals surface area contributed by atoms with Crippen LogP contribution in [0.4, 0.5) is 0 Å². The highest BCUT2D eigenvalue weighted by Gasteiger charge is 2.30. The standard InChI is InChI=1S/C23H32N6O6S/c1-36-8-7-17(21(32)29-19(12-30)23(34)35)27-22(33)18(9-14-5-3-2-4-6-14)28-20(31)16(24)10-15-11-25-13-26-15/h2-6,11,13,16-19,30H,7-10,12,24H2,1H3,(H,25,26)(H,27,33)(H,28,31)(H,29,32)(H,34,35). The second-order valence-electron chi connectivity index (χ2n) is 8.06. The van der Waals surface area contributed by atoms with Crippen molar-refractivity contribution in [3.63, 3.8) is 0 Å². The van der Waals surface area contributed by atoms with Gasteiger partial charge in [0.15, 0.2) is 0 Å². The number of carboxylic acids is 1. The van der Waals surface area contributed by atoms with Gasteiger partial charge in [0.2, 0.25) is 17.7 Å². The first-order valence-electron chi connectivity index (χ1n) is 11.3. The zero-order chi connectivity index (χ0) is 26.5. The van der Waals surface area contributed by atoms with Gasteiger partial charge in [-0.25, -0.2) is 9.78 Å². The number of imidazole rings is 1. The van der Waals surface area contributed by atoms with Crippen LogP contribution in [0.5, 0.6) is 0 Å². The van der Waals surface area contributed by atoms with E-state index in [9.17, 15) is 24.3 Å². The maximum atomic E-state index is 13.3. The lowest BCUT2D eigenvalue weighted by molar-refractivity contribution is -0.143. The van der Waals surface area contributed by atoms with Gasteiger partial charge in [-0.2, -0.15) is 11.8 Å². The van der Waals surface area contributed by atoms with Gasteiger partial charge in [-0.05, 0) is 24.0 Å². The number of benzene rings is 1. The lowest BCUT2D eigenvalue weighted by Gasteiger charge is -2.25. The fraction of sp³-hybridized carbons (Fsp3) is 0.435. The number of aliphatic hydroxyl groups is 1. The summed E-state index contributed by atoms with van der Waals surface area (Å²) in [5, 5.41) is 25.9. The van der Waals surface area contributed by atoms with Crippen LogP contribution >= 0.6 is 11.8 Å². The Morgan fingerprint density at radius 3 is 2.22 bits per heavy atom. The Morgan fingerprint density at radius 1 is 1.00 bits per heavy atom. The number of hydrogen-bond acceptors (Lipinski definition) is 8. The molecular formula is C23H32N6O6S. The zero-order valence-corrected chi connectivity index (χ0v) is 20.7. The molecule has 1 aromatic heterocycles. The van der Waals surface area contributed by atoms with Crippen molar-refractivity contribution in [3.8, 4) is 0 Å². The van der Waals surface area contributed by atoms with Crippen LogP contribution in [0.25, 0.3) is 0 Å². The van der Waals surface area contributed by atoms with Crippen molar-refractivity contribution in [2.75, 3.05) is 18.6 Å². The van der Waals surface area contributed by atoms with E-state index in [0.29, 0.717) is 11.4 Å². The molecule has 8 N–H and O–H groups in total. The summed E-state index contributed by atoms with van der Waals surface area (Å²) < 4.78 is 0. The summed E-state index contributed by atoms with van der Waals surface area (Å²) in [5.74, 6) is -2.84. The molecule has 36 heavy (non-hydrogen) atoms. The predicted octanol–water partition coefficient (Wildman–Crippen LogP) is -1.19. The van der Waals surface area contributed by atoms with Gasteiger partial charge in [-0.15, -0.1) is 0 Å². The van der Waals surface area contributed by atoms with Crippen LogP contribution in [0, 0.1) is 0 Å². The van der Waals surface area contributed by atoms with E-state index >= 15 is 0 Å². The molecule has 0 saturated carbocycles. The van der Waals surface area contributed by atoms with Crippen LogP contribution in [0.1, 0.15) is 17.7 Å². The largest absolute Gasteiger partial charge is 0.480 e. The van der Waals surface area contributed by atoms with Gasteiger partial charge in [0.1, 0.15) is 18.1 Å². The SMILES string of the molecule is CSCCC(NC(=O)C(Cc1ccccc1)NC(=O)C(N)Cc1cnc[nH]1)C(=O)NC(CO)C(=O)O. The molecule has 0 aliphatic rings. The summed E-state index contributed by atoms with van der Waals surface area (Å²) in [6.45, 7) is -0.800. The van der Waals surface area contributed by atoms with Crippen molar-refractivity contribution in [2.24, 2.45) is 5.73 Å². The van der Waals surface area contributed by atoms with Gasteiger partial charge in [-0.3, -0.25) is 14.4 Å². The molecule has 1 heterocycles. The number of nitrogens with two attached hydrogens (primary N) is 1. The number of thioether (sulfide) groups is 1. The van der Waals surface area contributed by atoms with Crippen LogP contribution in [0.2, 0.25) is 0 Å². The van der Waals surface area contributed by atoms with Crippen LogP contribution < -0.4 is 21.7 Å². The molecule has 3 amide bonds. The molecule has 0 radical (unpaired) electrons. The third kappa shape index (κ3) is 9.32. The van der Waals surface area contributed by atoms with E-state index in [1.165, 1.54) is 18.1 Å². The molecule has 12 nitrogen and oxygen atoms in total. The molecule has 0 saturated heterocycles. The van der Waals surface area contributed by atoms with Crippen molar-refractivity contribution in [1.82, 2.24) is 25.9 Å². The van der Waals surface area contributed by atoms with E-state index in [0.717, 1.165) is 5.56 Å². The fourth-order valence-electron chi connectivity index (χ4n) is 3.30. The summed E-state index contributed by atoms with van der Waals surface area (Å²) in [5.41, 5.74) is 7.46. The van der Waals surface area contributed by atoms with E-state index in [1.807, 2.05) is 12.3 Å². The van der Waals surface area contributed by atoms with Crippen molar-refractivity contribution in [3.05, 3.63) is 54.1 Å². The Balaban J connectivity index is 2.17. The minimum atomic E-state index is -1.51. The first kappa shape index (κ1) is 28.8. The average Bonchev–Trinajstić information content (AvgIpc) is 3.37. The number of nitrogens with zero attached hydrogens (tertiary/aromatic N) is 1. The number of aliphatic carboxylic acids is 1. The number of H-pyrrole nitrogens is 1. The molecule has 1 aromatic carbocycles. The Labute approximate surface area is 212 Å². The molecule has 2 aromatic rings. The van der Waals surface area contributed by atoms with E-state index < -0.39 is 54.5 Å². The molecule has 4 atom stereocenters. The van der Waals surface area contributed by atoms with Crippen LogP contribution in [0.15, 0.2) is 42.9 Å². The third-order valence-electron chi connectivity index (χ3n) is 5.29. The molecule has 2 rings (SSSR count). The van der Waals surface area contributed by atoms with Crippen molar-refractivity contribution in [1.29, 1.82) is 0 Å². The highest BCUT2D eigenvalue weighted by molar-refractivity contribution is 7.98. The molecule has 0 bridgehead atoms. The van der Waals surface area contributed by atoms with E-state index in [-0.39, 0.29) is 19.3 Å². The minimum absolute atomic E-state index is 0.139. The van der Waals surface area contributed by atoms with E-state index in [1.54, 1.807) is 30.5 Å². The zero-order valence-electron chi connectivity index (χ0n) is 19.8. The Hall–Kier alpha value is -3.42. The molecule has 196 valence electrons. The molecule has 0 aliphatic heterocycles. The normalized spacial score (nSPS) is 14.2. The van der Waals surface area contributed by atoms with Crippen molar-refractivity contribution >= 4 is 35.5 Å². The lowest BCUT2D eigenvalue weighted by Crippen LogP contribution is -2.58. The number of rotatable bonds is 15. The molecule has 13 heteroatoms. The summed E-state index contributed by atoms with van der Waals surface area (Å²) in [6.07, 6.45) is 5.37. The van der Waals surface area contributed by atoms with Gasteiger partial charge < -0.3 is 36.9 Å². The quantitative estimate of drug-likeness (QED) is 0.151. The minimum Gasteiger partial charge on any atom is -0.480 e. The van der Waals surface area contributed by atoms with Crippen molar-refractivity contribution in [2.45, 2.75) is 43.4 Å². The number of aromatic nitrogens is 2. The number of carbonyl (C=O) groups excluding carboxylic acids is 3. The molecule has 0 aliphatic carbocycles. The van der Waals surface area contributed by atoms with Crippen LogP contribution in [-0.4, -0.2) is 86.7 Å². The second kappa shape index (κ2) is 14.9. The maximum absolute atomic E-state index is 13.3. The third-order valence-corrected chi connectivity index (χ3v) is 5.93. The van der Waals surface area contributed by atoms with E-state index in [4.69, 9.17) is 10.8 Å². The highest BCUT2D eigenvalue weighted by atomic mass is 32.2. The van der Waals surface area contributed by atoms with Crippen molar-refractivity contribution < 1.29 is 29.4 Å². The van der Waals surface area contributed by atoms with Gasteiger partial charge in [0, 0.05) is 24.7 Å². The van der Waals surface area contributed by atoms with Gasteiger partial charge in [0.25, 0.3) is 0 Å². The Morgan fingerprint density at radius 2 is 1.64 bits per heavy atom. The topological polar surface area (TPSA) is 200 Å². The number of aliphatic hydroxyl groups excluding tert-OH is 1. The number of hydrogen-bond donors (Lipinski definition) is 7. The number of carboxylic acid groups (broad SMARTS) is 1. The van der Waals surface area contributed by atoms with E-state index in [2.05, 4.69) is 25.9 Å². The van der Waals surface area contributed by atoms with Gasteiger partial charge >= 0.3 is 5.97 Å².